The molecular formula is C15H19BrN2O3. The summed E-state index contributed by atoms with van der Waals surface area (Å²) < 4.78 is 6.42. The third-order valence-corrected chi connectivity index (χ3v) is 3.95. The van der Waals surface area contributed by atoms with Gasteiger partial charge in [-0.1, -0.05) is 35.2 Å². The lowest BCUT2D eigenvalue weighted by Gasteiger charge is -2.21. The summed E-state index contributed by atoms with van der Waals surface area (Å²) in [5, 5.41) is 0. The maximum absolute atomic E-state index is 11.8. The molecule has 2 amide bonds. The van der Waals surface area contributed by atoms with Gasteiger partial charge < -0.3 is 4.74 Å². The summed E-state index contributed by atoms with van der Waals surface area (Å²) in [5.74, 6) is -0.695. The van der Waals surface area contributed by atoms with E-state index in [-0.39, 0.29) is 24.5 Å². The first-order valence-electron chi connectivity index (χ1n) is 7.11. The summed E-state index contributed by atoms with van der Waals surface area (Å²) in [4.78, 5) is 23.4. The second kappa shape index (κ2) is 8.14. The van der Waals surface area contributed by atoms with Crippen molar-refractivity contribution in [1.82, 2.24) is 10.9 Å². The van der Waals surface area contributed by atoms with Crippen LogP contribution in [0.5, 0.6) is 0 Å². The van der Waals surface area contributed by atoms with Crippen molar-refractivity contribution in [3.05, 3.63) is 34.3 Å². The molecule has 2 N–H and O–H groups in total. The molecule has 6 heteroatoms. The van der Waals surface area contributed by atoms with Gasteiger partial charge in [-0.2, -0.15) is 0 Å². The van der Waals surface area contributed by atoms with E-state index in [0.29, 0.717) is 5.56 Å². The summed E-state index contributed by atoms with van der Waals surface area (Å²) in [5.41, 5.74) is 5.21. The quantitative estimate of drug-likeness (QED) is 0.816. The van der Waals surface area contributed by atoms with Crippen LogP contribution in [0.4, 0.5) is 0 Å². The van der Waals surface area contributed by atoms with Gasteiger partial charge in [0, 0.05) is 10.0 Å². The minimum Gasteiger partial charge on any atom is -0.368 e. The molecule has 1 aromatic rings. The van der Waals surface area contributed by atoms with E-state index in [1.165, 1.54) is 6.42 Å². The average molecular weight is 355 g/mol. The highest BCUT2D eigenvalue weighted by atomic mass is 79.9. The Kier molecular flexibility index (Phi) is 6.20. The second-order valence-electron chi connectivity index (χ2n) is 5.08. The summed E-state index contributed by atoms with van der Waals surface area (Å²) in [7, 11) is 0. The number of ether oxygens (including phenoxy) is 1. The van der Waals surface area contributed by atoms with Crippen molar-refractivity contribution in [1.29, 1.82) is 0 Å². The number of hydrogen-bond donors (Lipinski definition) is 2. The van der Waals surface area contributed by atoms with Gasteiger partial charge in [-0.15, -0.1) is 0 Å². The molecule has 1 aliphatic carbocycles. The predicted octanol–water partition coefficient (Wildman–Crippen LogP) is 2.56. The van der Waals surface area contributed by atoms with E-state index >= 15 is 0 Å². The molecule has 0 bridgehead atoms. The van der Waals surface area contributed by atoms with Gasteiger partial charge in [0.1, 0.15) is 6.61 Å². The van der Waals surface area contributed by atoms with Crippen LogP contribution in [-0.4, -0.2) is 24.5 Å². The molecule has 1 saturated carbocycles. The standard InChI is InChI=1S/C15H19BrN2O3/c16-12-8-6-11(7-9-12)15(20)18-17-14(19)10-21-13-4-2-1-3-5-13/h6-9,13H,1-5,10H2,(H,17,19)(H,18,20). The zero-order valence-electron chi connectivity index (χ0n) is 11.7. The molecule has 0 unspecified atom stereocenters. The molecule has 0 spiro atoms. The first-order chi connectivity index (χ1) is 10.1. The average Bonchev–Trinajstić information content (AvgIpc) is 2.52. The van der Waals surface area contributed by atoms with Crippen LogP contribution < -0.4 is 10.9 Å². The zero-order valence-corrected chi connectivity index (χ0v) is 13.3. The van der Waals surface area contributed by atoms with Gasteiger partial charge in [0.05, 0.1) is 6.10 Å². The Morgan fingerprint density at radius 2 is 1.76 bits per heavy atom. The first-order valence-corrected chi connectivity index (χ1v) is 7.91. The summed E-state index contributed by atoms with van der Waals surface area (Å²) in [6.07, 6.45) is 5.76. The van der Waals surface area contributed by atoms with E-state index in [2.05, 4.69) is 26.8 Å². The lowest BCUT2D eigenvalue weighted by atomic mass is 9.98. The number of rotatable bonds is 4. The maximum Gasteiger partial charge on any atom is 0.269 e. The molecule has 5 nitrogen and oxygen atoms in total. The fraction of sp³-hybridized carbons (Fsp3) is 0.467. The molecular weight excluding hydrogens is 336 g/mol. The van der Waals surface area contributed by atoms with E-state index in [1.807, 2.05) is 0 Å². The summed E-state index contributed by atoms with van der Waals surface area (Å²) >= 11 is 3.30. The lowest BCUT2D eigenvalue weighted by molar-refractivity contribution is -0.129. The van der Waals surface area contributed by atoms with Crippen LogP contribution in [0.3, 0.4) is 0 Å². The van der Waals surface area contributed by atoms with Gasteiger partial charge in [-0.05, 0) is 37.1 Å². The molecule has 2 rings (SSSR count). The summed E-state index contributed by atoms with van der Waals surface area (Å²) in [6.45, 7) is -0.0225. The van der Waals surface area contributed by atoms with Gasteiger partial charge in [0.25, 0.3) is 11.8 Å². The third kappa shape index (κ3) is 5.47. The molecule has 1 aliphatic rings. The van der Waals surface area contributed by atoms with Crippen molar-refractivity contribution < 1.29 is 14.3 Å². The van der Waals surface area contributed by atoms with Crippen molar-refractivity contribution in [2.24, 2.45) is 0 Å². The van der Waals surface area contributed by atoms with Crippen LogP contribution in [-0.2, 0) is 9.53 Å². The topological polar surface area (TPSA) is 67.4 Å². The van der Waals surface area contributed by atoms with Crippen LogP contribution in [0.2, 0.25) is 0 Å². The Bertz CT molecular complexity index is 484. The molecule has 1 fully saturated rings. The van der Waals surface area contributed by atoms with E-state index < -0.39 is 0 Å². The van der Waals surface area contributed by atoms with Crippen molar-refractivity contribution in [3.63, 3.8) is 0 Å². The highest BCUT2D eigenvalue weighted by Crippen LogP contribution is 2.19. The molecule has 0 aromatic heterocycles. The Balaban J connectivity index is 1.68. The van der Waals surface area contributed by atoms with Crippen molar-refractivity contribution in [2.45, 2.75) is 38.2 Å². The maximum atomic E-state index is 11.8. The van der Waals surface area contributed by atoms with E-state index in [1.54, 1.807) is 24.3 Å². The largest absolute Gasteiger partial charge is 0.368 e. The fourth-order valence-corrected chi connectivity index (χ4v) is 2.53. The normalized spacial score (nSPS) is 15.5. The fourth-order valence-electron chi connectivity index (χ4n) is 2.26. The van der Waals surface area contributed by atoms with Crippen molar-refractivity contribution in [2.75, 3.05) is 6.61 Å². The Labute approximate surface area is 132 Å². The van der Waals surface area contributed by atoms with E-state index in [4.69, 9.17) is 4.74 Å². The minimum atomic E-state index is -0.353. The van der Waals surface area contributed by atoms with Gasteiger partial charge in [0.2, 0.25) is 0 Å². The predicted molar refractivity (Wildman–Crippen MR) is 82.6 cm³/mol. The minimum absolute atomic E-state index is 0.0225. The van der Waals surface area contributed by atoms with E-state index in [0.717, 1.165) is 30.2 Å². The second-order valence-corrected chi connectivity index (χ2v) is 6.00. The zero-order chi connectivity index (χ0) is 15.1. The number of carbonyl (C=O) groups is 2. The third-order valence-electron chi connectivity index (χ3n) is 3.42. The van der Waals surface area contributed by atoms with Gasteiger partial charge in [0.15, 0.2) is 0 Å². The van der Waals surface area contributed by atoms with E-state index in [9.17, 15) is 9.59 Å². The SMILES string of the molecule is O=C(COC1CCCCC1)NNC(=O)c1ccc(Br)cc1. The number of amides is 2. The summed E-state index contributed by atoms with van der Waals surface area (Å²) in [6, 6.07) is 6.88. The molecule has 0 saturated heterocycles. The number of benzene rings is 1. The van der Waals surface area contributed by atoms with Gasteiger partial charge in [-0.25, -0.2) is 0 Å². The molecule has 0 radical (unpaired) electrons. The highest BCUT2D eigenvalue weighted by Gasteiger charge is 2.15. The van der Waals surface area contributed by atoms with Crippen molar-refractivity contribution in [3.8, 4) is 0 Å². The Hall–Kier alpha value is -1.40. The molecule has 1 aromatic carbocycles. The van der Waals surface area contributed by atoms with Crippen molar-refractivity contribution >= 4 is 27.7 Å². The number of hydrazine groups is 1. The molecule has 21 heavy (non-hydrogen) atoms. The monoisotopic (exact) mass is 354 g/mol. The van der Waals surface area contributed by atoms with Gasteiger partial charge in [-0.3, -0.25) is 20.4 Å². The molecule has 0 atom stereocenters. The Morgan fingerprint density at radius 3 is 2.43 bits per heavy atom. The number of carbonyl (C=O) groups excluding carboxylic acids is 2. The molecule has 0 aliphatic heterocycles. The van der Waals surface area contributed by atoms with Crippen LogP contribution >= 0.6 is 15.9 Å². The van der Waals surface area contributed by atoms with Crippen LogP contribution in [0.1, 0.15) is 42.5 Å². The lowest BCUT2D eigenvalue weighted by Crippen LogP contribution is -2.43. The van der Waals surface area contributed by atoms with Gasteiger partial charge >= 0.3 is 0 Å². The smallest absolute Gasteiger partial charge is 0.269 e. The van der Waals surface area contributed by atoms with Crippen LogP contribution in [0.15, 0.2) is 28.7 Å². The van der Waals surface area contributed by atoms with Crippen LogP contribution in [0.25, 0.3) is 0 Å². The highest BCUT2D eigenvalue weighted by molar-refractivity contribution is 9.10. The number of nitrogens with one attached hydrogen (secondary N) is 2. The van der Waals surface area contributed by atoms with Crippen LogP contribution in [0, 0.1) is 0 Å². The molecule has 0 heterocycles. The number of hydrogen-bond acceptors (Lipinski definition) is 3. The Morgan fingerprint density at radius 1 is 1.10 bits per heavy atom. The molecule has 114 valence electrons. The number of halogens is 1. The first kappa shape index (κ1) is 16.0.